The standard InChI is InChI=1S/C22H18FNO/c1-16-15-20(11-12-21(16)23)24-14-13-22(25)19-9-7-18(8-10-19)17-5-3-2-4-6-17/h2-15,24H,1H3. The van der Waals surface area contributed by atoms with Crippen LogP contribution in [-0.4, -0.2) is 5.78 Å². The Labute approximate surface area is 146 Å². The Hall–Kier alpha value is -3.20. The van der Waals surface area contributed by atoms with Crippen molar-refractivity contribution in [3.05, 3.63) is 102 Å². The fourth-order valence-electron chi connectivity index (χ4n) is 2.50. The van der Waals surface area contributed by atoms with Gasteiger partial charge in [0.05, 0.1) is 0 Å². The Morgan fingerprint density at radius 2 is 1.60 bits per heavy atom. The van der Waals surface area contributed by atoms with Crippen LogP contribution in [0, 0.1) is 12.7 Å². The summed E-state index contributed by atoms with van der Waals surface area (Å²) in [5.74, 6) is -0.338. The third kappa shape index (κ3) is 4.21. The molecule has 1 N–H and O–H groups in total. The molecule has 0 amide bonds. The number of carbonyl (C=O) groups excluding carboxylic acids is 1. The van der Waals surface area contributed by atoms with Crippen LogP contribution in [0.3, 0.4) is 0 Å². The van der Waals surface area contributed by atoms with Crippen molar-refractivity contribution in [2.75, 3.05) is 5.32 Å². The van der Waals surface area contributed by atoms with Crippen molar-refractivity contribution in [3.63, 3.8) is 0 Å². The largest absolute Gasteiger partial charge is 0.362 e. The van der Waals surface area contributed by atoms with E-state index in [9.17, 15) is 9.18 Å². The first-order valence-corrected chi connectivity index (χ1v) is 8.02. The van der Waals surface area contributed by atoms with Gasteiger partial charge in [-0.15, -0.1) is 0 Å². The van der Waals surface area contributed by atoms with Crippen LogP contribution >= 0.6 is 0 Å². The average Bonchev–Trinajstić information content (AvgIpc) is 2.65. The summed E-state index contributed by atoms with van der Waals surface area (Å²) in [4.78, 5) is 12.2. The molecule has 0 aliphatic rings. The number of allylic oxidation sites excluding steroid dienone is 1. The van der Waals surface area contributed by atoms with Gasteiger partial charge in [0.25, 0.3) is 0 Å². The third-order valence-electron chi connectivity index (χ3n) is 3.92. The molecule has 3 rings (SSSR count). The summed E-state index contributed by atoms with van der Waals surface area (Å²) >= 11 is 0. The highest BCUT2D eigenvalue weighted by Gasteiger charge is 2.03. The molecule has 0 saturated heterocycles. The Balaban J connectivity index is 1.65. The predicted molar refractivity (Wildman–Crippen MR) is 100 cm³/mol. The first-order valence-electron chi connectivity index (χ1n) is 8.02. The fraction of sp³-hybridized carbons (Fsp3) is 0.0455. The van der Waals surface area contributed by atoms with Crippen LogP contribution < -0.4 is 5.32 Å². The summed E-state index contributed by atoms with van der Waals surface area (Å²) in [5.41, 5.74) is 4.10. The number of rotatable bonds is 5. The number of ketones is 1. The molecule has 0 saturated carbocycles. The molecule has 0 aromatic heterocycles. The second kappa shape index (κ2) is 7.58. The zero-order valence-corrected chi connectivity index (χ0v) is 13.9. The lowest BCUT2D eigenvalue weighted by Crippen LogP contribution is -1.96. The molecule has 0 aliphatic heterocycles. The minimum atomic E-state index is -0.246. The Morgan fingerprint density at radius 3 is 2.28 bits per heavy atom. The van der Waals surface area contributed by atoms with E-state index in [2.05, 4.69) is 5.32 Å². The molecular formula is C22H18FNO. The molecule has 25 heavy (non-hydrogen) atoms. The molecule has 0 spiro atoms. The van der Waals surface area contributed by atoms with Crippen LogP contribution in [0.2, 0.25) is 0 Å². The lowest BCUT2D eigenvalue weighted by Gasteiger charge is -2.04. The van der Waals surface area contributed by atoms with Crippen LogP contribution in [0.1, 0.15) is 15.9 Å². The van der Waals surface area contributed by atoms with E-state index in [1.54, 1.807) is 25.3 Å². The highest BCUT2D eigenvalue weighted by molar-refractivity contribution is 6.04. The highest BCUT2D eigenvalue weighted by atomic mass is 19.1. The number of anilines is 1. The molecule has 3 aromatic rings. The minimum Gasteiger partial charge on any atom is -0.362 e. The number of carbonyl (C=O) groups is 1. The van der Waals surface area contributed by atoms with Crippen molar-refractivity contribution in [2.24, 2.45) is 0 Å². The fourth-order valence-corrected chi connectivity index (χ4v) is 2.50. The van der Waals surface area contributed by atoms with Gasteiger partial charge in [-0.25, -0.2) is 4.39 Å². The summed E-state index contributed by atoms with van der Waals surface area (Å²) in [5, 5.41) is 2.98. The molecule has 2 nitrogen and oxygen atoms in total. The van der Waals surface area contributed by atoms with Crippen LogP contribution in [-0.2, 0) is 0 Å². The van der Waals surface area contributed by atoms with Gasteiger partial charge in [0.2, 0.25) is 0 Å². The number of aryl methyl sites for hydroxylation is 1. The third-order valence-corrected chi connectivity index (χ3v) is 3.92. The molecular weight excluding hydrogens is 313 g/mol. The molecule has 3 aromatic carbocycles. The van der Waals surface area contributed by atoms with E-state index in [1.807, 2.05) is 54.6 Å². The van der Waals surface area contributed by atoms with Crippen molar-refractivity contribution >= 4 is 11.5 Å². The zero-order valence-electron chi connectivity index (χ0n) is 13.9. The maximum atomic E-state index is 13.2. The SMILES string of the molecule is Cc1cc(NC=CC(=O)c2ccc(-c3ccccc3)cc2)ccc1F. The summed E-state index contributed by atoms with van der Waals surface area (Å²) in [6.45, 7) is 1.70. The quantitative estimate of drug-likeness (QED) is 0.486. The highest BCUT2D eigenvalue weighted by Crippen LogP contribution is 2.19. The van der Waals surface area contributed by atoms with E-state index >= 15 is 0 Å². The second-order valence-corrected chi connectivity index (χ2v) is 5.75. The van der Waals surface area contributed by atoms with Crippen LogP contribution in [0.4, 0.5) is 10.1 Å². The molecule has 0 fully saturated rings. The van der Waals surface area contributed by atoms with Crippen LogP contribution in [0.5, 0.6) is 0 Å². The van der Waals surface area contributed by atoms with E-state index in [0.29, 0.717) is 11.1 Å². The normalized spacial score (nSPS) is 10.8. The van der Waals surface area contributed by atoms with Crippen molar-refractivity contribution in [2.45, 2.75) is 6.92 Å². The first-order chi connectivity index (χ1) is 12.1. The number of nitrogens with one attached hydrogen (secondary N) is 1. The summed E-state index contributed by atoms with van der Waals surface area (Å²) in [6.07, 6.45) is 3.04. The summed E-state index contributed by atoms with van der Waals surface area (Å²) in [7, 11) is 0. The smallest absolute Gasteiger partial charge is 0.187 e. The van der Waals surface area contributed by atoms with E-state index < -0.39 is 0 Å². The number of hydrogen-bond donors (Lipinski definition) is 1. The van der Waals surface area contributed by atoms with Gasteiger partial charge >= 0.3 is 0 Å². The van der Waals surface area contributed by atoms with Crippen molar-refractivity contribution in [3.8, 4) is 11.1 Å². The van der Waals surface area contributed by atoms with Gasteiger partial charge in [0, 0.05) is 23.5 Å². The van der Waals surface area contributed by atoms with E-state index in [-0.39, 0.29) is 11.6 Å². The van der Waals surface area contributed by atoms with Crippen molar-refractivity contribution in [1.82, 2.24) is 0 Å². The molecule has 3 heteroatoms. The predicted octanol–water partition coefficient (Wildman–Crippen LogP) is 5.61. The second-order valence-electron chi connectivity index (χ2n) is 5.75. The van der Waals surface area contributed by atoms with Gasteiger partial charge in [0.1, 0.15) is 5.82 Å². The molecule has 0 atom stereocenters. The van der Waals surface area contributed by atoms with Gasteiger partial charge in [-0.2, -0.15) is 0 Å². The van der Waals surface area contributed by atoms with E-state index in [0.717, 1.165) is 16.8 Å². The summed E-state index contributed by atoms with van der Waals surface area (Å²) < 4.78 is 13.2. The zero-order chi connectivity index (χ0) is 17.6. The topological polar surface area (TPSA) is 29.1 Å². The van der Waals surface area contributed by atoms with Crippen molar-refractivity contribution < 1.29 is 9.18 Å². The maximum Gasteiger partial charge on any atom is 0.187 e. The van der Waals surface area contributed by atoms with Gasteiger partial charge in [-0.3, -0.25) is 4.79 Å². The Bertz CT molecular complexity index is 899. The monoisotopic (exact) mass is 331 g/mol. The Kier molecular flexibility index (Phi) is 5.05. The molecule has 0 radical (unpaired) electrons. The van der Waals surface area contributed by atoms with Gasteiger partial charge in [0.15, 0.2) is 5.78 Å². The van der Waals surface area contributed by atoms with Crippen molar-refractivity contribution in [1.29, 1.82) is 0 Å². The minimum absolute atomic E-state index is 0.0917. The molecule has 124 valence electrons. The lowest BCUT2D eigenvalue weighted by molar-refractivity contribution is 0.104. The van der Waals surface area contributed by atoms with Gasteiger partial charge < -0.3 is 5.32 Å². The first kappa shape index (κ1) is 16.7. The average molecular weight is 331 g/mol. The lowest BCUT2D eigenvalue weighted by atomic mass is 10.0. The molecule has 0 aliphatic carbocycles. The van der Waals surface area contributed by atoms with Gasteiger partial charge in [-0.1, -0.05) is 54.6 Å². The molecule has 0 heterocycles. The number of benzene rings is 3. The van der Waals surface area contributed by atoms with E-state index in [1.165, 1.54) is 12.1 Å². The summed E-state index contributed by atoms with van der Waals surface area (Å²) in [6, 6.07) is 22.2. The van der Waals surface area contributed by atoms with Gasteiger partial charge in [-0.05, 0) is 41.8 Å². The van der Waals surface area contributed by atoms with E-state index in [4.69, 9.17) is 0 Å². The van der Waals surface area contributed by atoms with Crippen LogP contribution in [0.25, 0.3) is 11.1 Å². The maximum absolute atomic E-state index is 13.2. The molecule has 0 unspecified atom stereocenters. The van der Waals surface area contributed by atoms with Crippen LogP contribution in [0.15, 0.2) is 85.1 Å². The number of hydrogen-bond acceptors (Lipinski definition) is 2. The number of halogens is 1. The molecule has 0 bridgehead atoms. The Morgan fingerprint density at radius 1 is 0.920 bits per heavy atom.